The van der Waals surface area contributed by atoms with E-state index >= 15 is 0 Å². The molecule has 1 fully saturated rings. The predicted molar refractivity (Wildman–Crippen MR) is 99.2 cm³/mol. The molecule has 1 unspecified atom stereocenters. The van der Waals surface area contributed by atoms with Gasteiger partial charge in [0.1, 0.15) is 0 Å². The van der Waals surface area contributed by atoms with Crippen molar-refractivity contribution in [1.82, 2.24) is 15.5 Å². The van der Waals surface area contributed by atoms with Crippen molar-refractivity contribution in [1.29, 1.82) is 0 Å². The van der Waals surface area contributed by atoms with Gasteiger partial charge in [-0.15, -0.1) is 0 Å². The number of nitrogens with zero attached hydrogens (tertiary/aromatic N) is 2. The van der Waals surface area contributed by atoms with E-state index in [1.54, 1.807) is 13.1 Å². The molecule has 2 rings (SSSR count). The topological polar surface area (TPSA) is 56.7 Å². The van der Waals surface area contributed by atoms with Gasteiger partial charge in [-0.3, -0.25) is 9.79 Å². The van der Waals surface area contributed by atoms with Crippen LogP contribution in [0.15, 0.2) is 29.3 Å². The number of guanidine groups is 1. The van der Waals surface area contributed by atoms with Gasteiger partial charge >= 0.3 is 6.18 Å². The van der Waals surface area contributed by atoms with Gasteiger partial charge in [0.25, 0.3) is 0 Å². The molecule has 27 heavy (non-hydrogen) atoms. The molecule has 1 aliphatic heterocycles. The third-order valence-electron chi connectivity index (χ3n) is 4.58. The van der Waals surface area contributed by atoms with Crippen molar-refractivity contribution in [2.45, 2.75) is 38.9 Å². The number of hydrogen-bond donors (Lipinski definition) is 2. The van der Waals surface area contributed by atoms with E-state index < -0.39 is 11.7 Å². The van der Waals surface area contributed by atoms with E-state index in [1.165, 1.54) is 6.07 Å². The zero-order valence-electron chi connectivity index (χ0n) is 15.8. The summed E-state index contributed by atoms with van der Waals surface area (Å²) < 4.78 is 38.3. The quantitative estimate of drug-likeness (QED) is 0.606. The lowest BCUT2D eigenvalue weighted by Crippen LogP contribution is -2.42. The lowest BCUT2D eigenvalue weighted by molar-refractivity contribution is -0.137. The first kappa shape index (κ1) is 21.1. The van der Waals surface area contributed by atoms with E-state index in [9.17, 15) is 18.0 Å². The lowest BCUT2D eigenvalue weighted by atomic mass is 10.00. The Labute approximate surface area is 158 Å². The largest absolute Gasteiger partial charge is 0.416 e. The van der Waals surface area contributed by atoms with Crippen LogP contribution in [0.4, 0.5) is 13.2 Å². The Hall–Kier alpha value is -2.25. The van der Waals surface area contributed by atoms with Crippen LogP contribution < -0.4 is 10.6 Å². The lowest BCUT2D eigenvalue weighted by Gasteiger charge is -2.31. The minimum absolute atomic E-state index is 0.113. The molecular weight excluding hydrogens is 357 g/mol. The highest BCUT2D eigenvalue weighted by molar-refractivity contribution is 5.81. The van der Waals surface area contributed by atoms with Gasteiger partial charge in [0.05, 0.1) is 5.56 Å². The van der Waals surface area contributed by atoms with Gasteiger partial charge in [-0.2, -0.15) is 13.2 Å². The highest BCUT2D eigenvalue weighted by Crippen LogP contribution is 2.29. The number of aliphatic imine (C=N–C) groups is 1. The summed E-state index contributed by atoms with van der Waals surface area (Å²) in [7, 11) is 1.58. The average molecular weight is 384 g/mol. The van der Waals surface area contributed by atoms with Crippen molar-refractivity contribution >= 4 is 11.9 Å². The van der Waals surface area contributed by atoms with Crippen molar-refractivity contribution < 1.29 is 18.0 Å². The summed E-state index contributed by atoms with van der Waals surface area (Å²) in [4.78, 5) is 18.2. The first-order chi connectivity index (χ1) is 12.8. The summed E-state index contributed by atoms with van der Waals surface area (Å²) >= 11 is 0. The van der Waals surface area contributed by atoms with Crippen molar-refractivity contribution in [3.63, 3.8) is 0 Å². The average Bonchev–Trinajstić information content (AvgIpc) is 2.64. The Kier molecular flexibility index (Phi) is 7.50. The van der Waals surface area contributed by atoms with Crippen LogP contribution in [0.2, 0.25) is 0 Å². The van der Waals surface area contributed by atoms with E-state index in [1.807, 2.05) is 4.90 Å². The molecule has 1 amide bonds. The molecule has 0 saturated carbocycles. The van der Waals surface area contributed by atoms with Gasteiger partial charge < -0.3 is 15.5 Å². The summed E-state index contributed by atoms with van der Waals surface area (Å²) in [5.74, 6) is 1.10. The van der Waals surface area contributed by atoms with Gasteiger partial charge in [-0.05, 0) is 36.5 Å². The fourth-order valence-corrected chi connectivity index (χ4v) is 3.13. The molecule has 1 heterocycles. The van der Waals surface area contributed by atoms with E-state index in [0.717, 1.165) is 38.1 Å². The number of benzene rings is 1. The first-order valence-corrected chi connectivity index (χ1v) is 9.18. The van der Waals surface area contributed by atoms with Gasteiger partial charge in [0, 0.05) is 39.6 Å². The molecule has 0 radical (unpaired) electrons. The van der Waals surface area contributed by atoms with Crippen LogP contribution in [0.3, 0.4) is 0 Å². The van der Waals surface area contributed by atoms with Gasteiger partial charge in [-0.1, -0.05) is 19.1 Å². The standard InChI is InChI=1S/C19H27F3N4O/c1-14-5-4-10-26(13-14)17(27)8-9-24-18(23-2)25-12-15-6-3-7-16(11-15)19(20,21)22/h3,6-7,11,14H,4-5,8-10,12-13H2,1-2H3,(H2,23,24,25). The maximum Gasteiger partial charge on any atom is 0.416 e. The Balaban J connectivity index is 1.77. The van der Waals surface area contributed by atoms with E-state index in [4.69, 9.17) is 0 Å². The second kappa shape index (κ2) is 9.62. The van der Waals surface area contributed by atoms with E-state index in [2.05, 4.69) is 22.5 Å². The second-order valence-electron chi connectivity index (χ2n) is 6.89. The molecule has 1 saturated heterocycles. The van der Waals surface area contributed by atoms with Gasteiger partial charge in [0.2, 0.25) is 5.91 Å². The van der Waals surface area contributed by atoms with Crippen LogP contribution >= 0.6 is 0 Å². The van der Waals surface area contributed by atoms with Crippen molar-refractivity contribution in [3.05, 3.63) is 35.4 Å². The maximum absolute atomic E-state index is 12.8. The Morgan fingerprint density at radius 2 is 2.11 bits per heavy atom. The number of piperidine rings is 1. The fourth-order valence-electron chi connectivity index (χ4n) is 3.13. The summed E-state index contributed by atoms with van der Waals surface area (Å²) in [5, 5.41) is 6.01. The van der Waals surface area contributed by atoms with Crippen LogP contribution in [-0.4, -0.2) is 43.4 Å². The second-order valence-corrected chi connectivity index (χ2v) is 6.89. The third kappa shape index (κ3) is 6.77. The van der Waals surface area contributed by atoms with Crippen LogP contribution in [0.25, 0.3) is 0 Å². The number of carbonyl (C=O) groups is 1. The smallest absolute Gasteiger partial charge is 0.356 e. The normalized spacial score (nSPS) is 18.3. The Morgan fingerprint density at radius 3 is 2.78 bits per heavy atom. The van der Waals surface area contributed by atoms with Crippen LogP contribution in [0.1, 0.15) is 37.3 Å². The summed E-state index contributed by atoms with van der Waals surface area (Å²) in [6.07, 6.45) is -1.80. The van der Waals surface area contributed by atoms with Gasteiger partial charge in [-0.25, -0.2) is 0 Å². The van der Waals surface area contributed by atoms with E-state index in [-0.39, 0.29) is 12.5 Å². The van der Waals surface area contributed by atoms with Crippen LogP contribution in [-0.2, 0) is 17.5 Å². The first-order valence-electron chi connectivity index (χ1n) is 9.18. The number of carbonyl (C=O) groups excluding carboxylic acids is 1. The molecule has 0 bridgehead atoms. The van der Waals surface area contributed by atoms with Crippen molar-refractivity contribution in [2.75, 3.05) is 26.7 Å². The molecule has 1 aromatic carbocycles. The zero-order valence-corrected chi connectivity index (χ0v) is 15.8. The number of rotatable bonds is 5. The van der Waals surface area contributed by atoms with Crippen LogP contribution in [0.5, 0.6) is 0 Å². The number of hydrogen-bond acceptors (Lipinski definition) is 2. The molecule has 5 nitrogen and oxygen atoms in total. The van der Waals surface area contributed by atoms with Crippen molar-refractivity contribution in [3.8, 4) is 0 Å². The number of halogens is 3. The molecule has 0 aromatic heterocycles. The van der Waals surface area contributed by atoms with Crippen molar-refractivity contribution in [2.24, 2.45) is 10.9 Å². The molecular formula is C19H27F3N4O. The van der Waals surface area contributed by atoms with Crippen LogP contribution in [0, 0.1) is 5.92 Å². The van der Waals surface area contributed by atoms with E-state index in [0.29, 0.717) is 30.4 Å². The number of likely N-dealkylation sites (tertiary alicyclic amines) is 1. The zero-order chi connectivity index (χ0) is 19.9. The molecule has 1 aromatic rings. The number of amides is 1. The maximum atomic E-state index is 12.8. The minimum atomic E-state index is -4.36. The molecule has 1 atom stereocenters. The SMILES string of the molecule is CN=C(NCCC(=O)N1CCCC(C)C1)NCc1cccc(C(F)(F)F)c1. The number of alkyl halides is 3. The third-order valence-corrected chi connectivity index (χ3v) is 4.58. The monoisotopic (exact) mass is 384 g/mol. The molecule has 2 N–H and O–H groups in total. The minimum Gasteiger partial charge on any atom is -0.356 e. The van der Waals surface area contributed by atoms with Gasteiger partial charge in [0.15, 0.2) is 5.96 Å². The molecule has 8 heteroatoms. The predicted octanol–water partition coefficient (Wildman–Crippen LogP) is 3.02. The molecule has 1 aliphatic rings. The fraction of sp³-hybridized carbons (Fsp3) is 0.579. The summed E-state index contributed by atoms with van der Waals surface area (Å²) in [6.45, 7) is 4.40. The summed E-state index contributed by atoms with van der Waals surface area (Å²) in [6, 6.07) is 5.16. The Bertz CT molecular complexity index is 661. The highest BCUT2D eigenvalue weighted by atomic mass is 19.4. The molecule has 150 valence electrons. The summed E-state index contributed by atoms with van der Waals surface area (Å²) in [5.41, 5.74) is -0.169. The molecule has 0 aliphatic carbocycles. The molecule has 0 spiro atoms. The number of nitrogens with one attached hydrogen (secondary N) is 2. The highest BCUT2D eigenvalue weighted by Gasteiger charge is 2.30. The Morgan fingerprint density at radius 1 is 1.33 bits per heavy atom.